The molecular formula is C16H11BrClNO3S2. The van der Waals surface area contributed by atoms with Gasteiger partial charge in [-0.1, -0.05) is 29.8 Å². The third-order valence-corrected chi connectivity index (χ3v) is 6.69. The second kappa shape index (κ2) is 7.14. The molecule has 3 aromatic rings. The van der Waals surface area contributed by atoms with Crippen molar-refractivity contribution in [2.24, 2.45) is 0 Å². The van der Waals surface area contributed by atoms with Crippen molar-refractivity contribution < 1.29 is 13.2 Å². The molecule has 1 heterocycles. The second-order valence-electron chi connectivity index (χ2n) is 4.72. The number of para-hydroxylation sites is 1. The molecule has 0 aliphatic heterocycles. The topological polar surface area (TPSA) is 55.4 Å². The lowest BCUT2D eigenvalue weighted by Gasteiger charge is -2.13. The highest BCUT2D eigenvalue weighted by Crippen LogP contribution is 2.35. The molecule has 0 bridgehead atoms. The molecular weight excluding hydrogens is 434 g/mol. The highest BCUT2D eigenvalue weighted by Gasteiger charge is 2.19. The van der Waals surface area contributed by atoms with Crippen LogP contribution in [-0.2, 0) is 10.0 Å². The van der Waals surface area contributed by atoms with Crippen molar-refractivity contribution in [1.82, 2.24) is 0 Å². The summed E-state index contributed by atoms with van der Waals surface area (Å²) in [5, 5.41) is 0.403. The third-order valence-electron chi connectivity index (χ3n) is 2.97. The largest absolute Gasteiger partial charge is 0.455 e. The first kappa shape index (κ1) is 17.3. The van der Waals surface area contributed by atoms with Crippen LogP contribution in [-0.4, -0.2) is 8.42 Å². The molecule has 1 N–H and O–H groups in total. The number of ether oxygens (including phenoxy) is 1. The minimum Gasteiger partial charge on any atom is -0.455 e. The number of anilines is 1. The molecule has 124 valence electrons. The number of halogens is 2. The Hall–Kier alpha value is -1.54. The van der Waals surface area contributed by atoms with E-state index in [1.807, 2.05) is 18.2 Å². The van der Waals surface area contributed by atoms with Crippen LogP contribution in [0, 0.1) is 0 Å². The van der Waals surface area contributed by atoms with Crippen molar-refractivity contribution in [3.63, 3.8) is 0 Å². The van der Waals surface area contributed by atoms with Crippen LogP contribution in [0.2, 0.25) is 5.02 Å². The summed E-state index contributed by atoms with van der Waals surface area (Å²) < 4.78 is 34.2. The Labute approximate surface area is 157 Å². The SMILES string of the molecule is O=S(=O)(Nc1cc(Cl)ccc1Oc1ccccc1)c1ccc(Br)s1. The molecule has 0 radical (unpaired) electrons. The van der Waals surface area contributed by atoms with Gasteiger partial charge in [0, 0.05) is 5.02 Å². The van der Waals surface area contributed by atoms with Crippen molar-refractivity contribution in [2.45, 2.75) is 4.21 Å². The maximum atomic E-state index is 12.5. The summed E-state index contributed by atoms with van der Waals surface area (Å²) in [6.45, 7) is 0. The van der Waals surface area contributed by atoms with E-state index in [0.717, 1.165) is 15.1 Å². The molecule has 8 heteroatoms. The predicted molar refractivity (Wildman–Crippen MR) is 101 cm³/mol. The molecule has 4 nitrogen and oxygen atoms in total. The standard InChI is InChI=1S/C16H11BrClNO3S2/c17-15-8-9-16(23-15)24(20,21)19-13-10-11(18)6-7-14(13)22-12-4-2-1-3-5-12/h1-10,19H. The van der Waals surface area contributed by atoms with E-state index >= 15 is 0 Å². The van der Waals surface area contributed by atoms with Gasteiger partial charge >= 0.3 is 0 Å². The van der Waals surface area contributed by atoms with E-state index in [0.29, 0.717) is 16.5 Å². The van der Waals surface area contributed by atoms with Crippen molar-refractivity contribution in [2.75, 3.05) is 4.72 Å². The van der Waals surface area contributed by atoms with Crippen LogP contribution in [0.5, 0.6) is 11.5 Å². The Morgan fingerprint density at radius 3 is 2.46 bits per heavy atom. The van der Waals surface area contributed by atoms with Gasteiger partial charge in [-0.05, 0) is 58.4 Å². The van der Waals surface area contributed by atoms with Gasteiger partial charge in [0.1, 0.15) is 9.96 Å². The Bertz CT molecular complexity index is 958. The van der Waals surface area contributed by atoms with E-state index < -0.39 is 10.0 Å². The van der Waals surface area contributed by atoms with Crippen molar-refractivity contribution in [3.05, 3.63) is 69.5 Å². The molecule has 0 saturated carbocycles. The van der Waals surface area contributed by atoms with E-state index in [1.54, 1.807) is 30.3 Å². The molecule has 0 fully saturated rings. The fraction of sp³-hybridized carbons (Fsp3) is 0. The average molecular weight is 445 g/mol. The molecule has 0 saturated heterocycles. The van der Waals surface area contributed by atoms with Gasteiger partial charge in [0.15, 0.2) is 5.75 Å². The van der Waals surface area contributed by atoms with Gasteiger partial charge in [0.25, 0.3) is 10.0 Å². The smallest absolute Gasteiger partial charge is 0.271 e. The fourth-order valence-electron chi connectivity index (χ4n) is 1.92. The molecule has 1 aromatic heterocycles. The van der Waals surface area contributed by atoms with Gasteiger partial charge < -0.3 is 4.74 Å². The average Bonchev–Trinajstić information content (AvgIpc) is 2.98. The predicted octanol–water partition coefficient (Wildman–Crippen LogP) is 5.76. The van der Waals surface area contributed by atoms with Crippen LogP contribution < -0.4 is 9.46 Å². The van der Waals surface area contributed by atoms with E-state index in [1.165, 1.54) is 12.1 Å². The molecule has 24 heavy (non-hydrogen) atoms. The summed E-state index contributed by atoms with van der Waals surface area (Å²) >= 11 is 10.4. The van der Waals surface area contributed by atoms with Gasteiger partial charge in [-0.15, -0.1) is 11.3 Å². The Balaban J connectivity index is 1.94. The normalized spacial score (nSPS) is 11.2. The maximum absolute atomic E-state index is 12.5. The Morgan fingerprint density at radius 1 is 1.04 bits per heavy atom. The number of sulfonamides is 1. The summed E-state index contributed by atoms with van der Waals surface area (Å²) in [6, 6.07) is 17.1. The van der Waals surface area contributed by atoms with Gasteiger partial charge in [-0.2, -0.15) is 0 Å². The molecule has 0 aliphatic carbocycles. The van der Waals surface area contributed by atoms with Crippen LogP contribution >= 0.6 is 38.9 Å². The molecule has 0 amide bonds. The molecule has 0 atom stereocenters. The zero-order chi connectivity index (χ0) is 17.2. The quantitative estimate of drug-likeness (QED) is 0.544. The number of benzene rings is 2. The van der Waals surface area contributed by atoms with Crippen molar-refractivity contribution >= 4 is 54.6 Å². The van der Waals surface area contributed by atoms with Crippen LogP contribution in [0.4, 0.5) is 5.69 Å². The lowest BCUT2D eigenvalue weighted by Crippen LogP contribution is -2.12. The first-order chi connectivity index (χ1) is 11.4. The Morgan fingerprint density at radius 2 is 1.79 bits per heavy atom. The van der Waals surface area contributed by atoms with Gasteiger partial charge in [0.2, 0.25) is 0 Å². The van der Waals surface area contributed by atoms with E-state index in [9.17, 15) is 8.42 Å². The van der Waals surface area contributed by atoms with E-state index in [2.05, 4.69) is 20.7 Å². The monoisotopic (exact) mass is 443 g/mol. The number of hydrogen-bond donors (Lipinski definition) is 1. The van der Waals surface area contributed by atoms with E-state index in [4.69, 9.17) is 16.3 Å². The fourth-order valence-corrected chi connectivity index (χ4v) is 5.17. The van der Waals surface area contributed by atoms with Crippen LogP contribution in [0.1, 0.15) is 0 Å². The van der Waals surface area contributed by atoms with Crippen LogP contribution in [0.25, 0.3) is 0 Å². The minimum absolute atomic E-state index is 0.194. The third kappa shape index (κ3) is 4.10. The summed E-state index contributed by atoms with van der Waals surface area (Å²) in [7, 11) is -3.72. The zero-order valence-electron chi connectivity index (χ0n) is 12.1. The molecule has 0 aliphatic rings. The first-order valence-electron chi connectivity index (χ1n) is 6.75. The van der Waals surface area contributed by atoms with Crippen LogP contribution in [0.15, 0.2) is 68.7 Å². The summed E-state index contributed by atoms with van der Waals surface area (Å²) in [4.78, 5) is 0. The lowest BCUT2D eigenvalue weighted by molar-refractivity contribution is 0.485. The van der Waals surface area contributed by atoms with E-state index in [-0.39, 0.29) is 9.90 Å². The van der Waals surface area contributed by atoms with Crippen molar-refractivity contribution in [1.29, 1.82) is 0 Å². The lowest BCUT2D eigenvalue weighted by atomic mass is 10.3. The maximum Gasteiger partial charge on any atom is 0.271 e. The van der Waals surface area contributed by atoms with Crippen LogP contribution in [0.3, 0.4) is 0 Å². The summed E-state index contributed by atoms with van der Waals surface area (Å²) in [5.41, 5.74) is 0.274. The highest BCUT2D eigenvalue weighted by atomic mass is 79.9. The zero-order valence-corrected chi connectivity index (χ0v) is 16.0. The highest BCUT2D eigenvalue weighted by molar-refractivity contribution is 9.11. The summed E-state index contributed by atoms with van der Waals surface area (Å²) in [5.74, 6) is 0.962. The number of rotatable bonds is 5. The molecule has 0 unspecified atom stereocenters. The molecule has 0 spiro atoms. The number of hydrogen-bond acceptors (Lipinski definition) is 4. The molecule has 3 rings (SSSR count). The second-order valence-corrected chi connectivity index (χ2v) is 9.53. The summed E-state index contributed by atoms with van der Waals surface area (Å²) in [6.07, 6.45) is 0. The first-order valence-corrected chi connectivity index (χ1v) is 10.2. The number of nitrogens with one attached hydrogen (secondary N) is 1. The number of thiophene rings is 1. The van der Waals surface area contributed by atoms with Crippen molar-refractivity contribution in [3.8, 4) is 11.5 Å². The Kier molecular flexibility index (Phi) is 5.15. The minimum atomic E-state index is -3.72. The molecule has 2 aromatic carbocycles. The van der Waals surface area contributed by atoms with Gasteiger partial charge in [-0.25, -0.2) is 8.42 Å². The van der Waals surface area contributed by atoms with Gasteiger partial charge in [-0.3, -0.25) is 4.72 Å². The van der Waals surface area contributed by atoms with Gasteiger partial charge in [0.05, 0.1) is 9.47 Å².